The maximum atomic E-state index is 11.8. The van der Waals surface area contributed by atoms with E-state index >= 15 is 0 Å². The number of nitrogens with one attached hydrogen (secondary N) is 1. The molecule has 0 bridgehead atoms. The standard InChI is InChI=1S/C16H18N2O/c1-11(2)18-16(19)14-6-4-13(5-7-14)15-10-12(3)8-9-17-15/h4-11H,1-3H3,(H,18,19). The van der Waals surface area contributed by atoms with Crippen LogP contribution in [0.3, 0.4) is 0 Å². The summed E-state index contributed by atoms with van der Waals surface area (Å²) >= 11 is 0. The molecule has 0 radical (unpaired) electrons. The third-order valence-corrected chi connectivity index (χ3v) is 2.78. The van der Waals surface area contributed by atoms with E-state index in [4.69, 9.17) is 0 Å². The zero-order chi connectivity index (χ0) is 13.8. The van der Waals surface area contributed by atoms with E-state index in [1.807, 2.05) is 57.2 Å². The third-order valence-electron chi connectivity index (χ3n) is 2.78. The number of benzene rings is 1. The van der Waals surface area contributed by atoms with Gasteiger partial charge >= 0.3 is 0 Å². The van der Waals surface area contributed by atoms with Gasteiger partial charge in [0.25, 0.3) is 5.91 Å². The third kappa shape index (κ3) is 3.41. The Bertz CT molecular complexity index is 574. The Kier molecular flexibility index (Phi) is 3.95. The SMILES string of the molecule is Cc1ccnc(-c2ccc(C(=O)NC(C)C)cc2)c1. The molecule has 1 N–H and O–H groups in total. The van der Waals surface area contributed by atoms with Gasteiger partial charge in [-0.15, -0.1) is 0 Å². The molecular formula is C16H18N2O. The molecule has 2 aromatic rings. The summed E-state index contributed by atoms with van der Waals surface area (Å²) in [5, 5.41) is 2.87. The molecule has 0 aliphatic carbocycles. The van der Waals surface area contributed by atoms with Crippen molar-refractivity contribution in [2.45, 2.75) is 26.8 Å². The van der Waals surface area contributed by atoms with Crippen molar-refractivity contribution in [1.82, 2.24) is 10.3 Å². The number of carbonyl (C=O) groups excluding carboxylic acids is 1. The van der Waals surface area contributed by atoms with Crippen molar-refractivity contribution in [1.29, 1.82) is 0 Å². The van der Waals surface area contributed by atoms with Crippen LogP contribution < -0.4 is 5.32 Å². The van der Waals surface area contributed by atoms with Crippen LogP contribution in [0.5, 0.6) is 0 Å². The van der Waals surface area contributed by atoms with Crippen molar-refractivity contribution < 1.29 is 4.79 Å². The summed E-state index contributed by atoms with van der Waals surface area (Å²) in [4.78, 5) is 16.2. The fraction of sp³-hybridized carbons (Fsp3) is 0.250. The number of aromatic nitrogens is 1. The monoisotopic (exact) mass is 254 g/mol. The van der Waals surface area contributed by atoms with E-state index < -0.39 is 0 Å². The molecule has 1 amide bonds. The fourth-order valence-corrected chi connectivity index (χ4v) is 1.83. The summed E-state index contributed by atoms with van der Waals surface area (Å²) in [5.74, 6) is -0.0428. The van der Waals surface area contributed by atoms with Gasteiger partial charge in [-0.1, -0.05) is 12.1 Å². The molecule has 0 fully saturated rings. The van der Waals surface area contributed by atoms with E-state index in [2.05, 4.69) is 10.3 Å². The highest BCUT2D eigenvalue weighted by molar-refractivity contribution is 5.94. The molecule has 19 heavy (non-hydrogen) atoms. The van der Waals surface area contributed by atoms with Gasteiger partial charge in [0, 0.05) is 23.4 Å². The van der Waals surface area contributed by atoms with Crippen LogP contribution in [0.25, 0.3) is 11.3 Å². The molecule has 2 rings (SSSR count). The second-order valence-corrected chi connectivity index (χ2v) is 4.92. The number of hydrogen-bond acceptors (Lipinski definition) is 2. The van der Waals surface area contributed by atoms with Gasteiger partial charge in [-0.05, 0) is 50.6 Å². The zero-order valence-corrected chi connectivity index (χ0v) is 11.5. The molecule has 3 heteroatoms. The van der Waals surface area contributed by atoms with Crippen LogP contribution in [-0.2, 0) is 0 Å². The molecule has 0 saturated heterocycles. The minimum atomic E-state index is -0.0428. The number of hydrogen-bond donors (Lipinski definition) is 1. The number of pyridine rings is 1. The van der Waals surface area contributed by atoms with Gasteiger partial charge in [0.15, 0.2) is 0 Å². The molecule has 0 saturated carbocycles. The zero-order valence-electron chi connectivity index (χ0n) is 11.5. The fourth-order valence-electron chi connectivity index (χ4n) is 1.83. The Labute approximate surface area is 113 Å². The first-order valence-corrected chi connectivity index (χ1v) is 6.40. The van der Waals surface area contributed by atoms with E-state index in [1.165, 1.54) is 5.56 Å². The number of nitrogens with zero attached hydrogens (tertiary/aromatic N) is 1. The predicted octanol–water partition coefficient (Wildman–Crippen LogP) is 3.20. The quantitative estimate of drug-likeness (QED) is 0.914. The molecule has 0 spiro atoms. The van der Waals surface area contributed by atoms with E-state index in [0.717, 1.165) is 11.3 Å². The Morgan fingerprint density at radius 1 is 1.16 bits per heavy atom. The van der Waals surface area contributed by atoms with Crippen LogP contribution in [0.4, 0.5) is 0 Å². The summed E-state index contributed by atoms with van der Waals surface area (Å²) in [6.45, 7) is 5.93. The lowest BCUT2D eigenvalue weighted by Gasteiger charge is -2.08. The largest absolute Gasteiger partial charge is 0.350 e. The van der Waals surface area contributed by atoms with Crippen molar-refractivity contribution >= 4 is 5.91 Å². The van der Waals surface area contributed by atoms with Gasteiger partial charge in [-0.25, -0.2) is 0 Å². The van der Waals surface area contributed by atoms with Crippen LogP contribution >= 0.6 is 0 Å². The van der Waals surface area contributed by atoms with Crippen LogP contribution in [-0.4, -0.2) is 16.9 Å². The Hall–Kier alpha value is -2.16. The lowest BCUT2D eigenvalue weighted by Crippen LogP contribution is -2.29. The highest BCUT2D eigenvalue weighted by atomic mass is 16.1. The minimum absolute atomic E-state index is 0.0428. The number of aryl methyl sites for hydroxylation is 1. The van der Waals surface area contributed by atoms with Gasteiger partial charge in [0.05, 0.1) is 5.69 Å². The van der Waals surface area contributed by atoms with E-state index in [1.54, 1.807) is 6.20 Å². The topological polar surface area (TPSA) is 42.0 Å². The highest BCUT2D eigenvalue weighted by Gasteiger charge is 2.07. The molecule has 0 aliphatic heterocycles. The normalized spacial score (nSPS) is 10.5. The van der Waals surface area contributed by atoms with E-state index in [-0.39, 0.29) is 11.9 Å². The second kappa shape index (κ2) is 5.65. The van der Waals surface area contributed by atoms with Crippen LogP contribution in [0.2, 0.25) is 0 Å². The highest BCUT2D eigenvalue weighted by Crippen LogP contribution is 2.18. The summed E-state index contributed by atoms with van der Waals surface area (Å²) < 4.78 is 0. The molecule has 0 aliphatic rings. The van der Waals surface area contributed by atoms with Gasteiger partial charge < -0.3 is 5.32 Å². The van der Waals surface area contributed by atoms with Crippen LogP contribution in [0.15, 0.2) is 42.6 Å². The summed E-state index contributed by atoms with van der Waals surface area (Å²) in [6.07, 6.45) is 1.80. The lowest BCUT2D eigenvalue weighted by molar-refractivity contribution is 0.0943. The average Bonchev–Trinajstić information content (AvgIpc) is 2.38. The van der Waals surface area contributed by atoms with Gasteiger partial charge in [-0.3, -0.25) is 9.78 Å². The molecule has 1 heterocycles. The molecule has 98 valence electrons. The van der Waals surface area contributed by atoms with Crippen LogP contribution in [0.1, 0.15) is 29.8 Å². The molecule has 1 aromatic heterocycles. The van der Waals surface area contributed by atoms with E-state index in [0.29, 0.717) is 5.56 Å². The first kappa shape index (κ1) is 13.3. The maximum Gasteiger partial charge on any atom is 0.251 e. The molecule has 0 unspecified atom stereocenters. The maximum absolute atomic E-state index is 11.8. The predicted molar refractivity (Wildman–Crippen MR) is 77.0 cm³/mol. The van der Waals surface area contributed by atoms with Gasteiger partial charge in [0.2, 0.25) is 0 Å². The summed E-state index contributed by atoms with van der Waals surface area (Å²) in [5.41, 5.74) is 3.79. The number of amides is 1. The minimum Gasteiger partial charge on any atom is -0.350 e. The molecule has 0 atom stereocenters. The van der Waals surface area contributed by atoms with Crippen LogP contribution in [0, 0.1) is 6.92 Å². The van der Waals surface area contributed by atoms with Crippen molar-refractivity contribution in [2.75, 3.05) is 0 Å². The number of rotatable bonds is 3. The lowest BCUT2D eigenvalue weighted by atomic mass is 10.1. The smallest absolute Gasteiger partial charge is 0.251 e. The van der Waals surface area contributed by atoms with Crippen molar-refractivity contribution in [3.8, 4) is 11.3 Å². The molecular weight excluding hydrogens is 236 g/mol. The number of carbonyl (C=O) groups is 1. The first-order valence-electron chi connectivity index (χ1n) is 6.40. The van der Waals surface area contributed by atoms with Crippen molar-refractivity contribution in [3.63, 3.8) is 0 Å². The van der Waals surface area contributed by atoms with Crippen molar-refractivity contribution in [3.05, 3.63) is 53.7 Å². The molecule has 1 aromatic carbocycles. The Balaban J connectivity index is 2.21. The molecule has 3 nitrogen and oxygen atoms in total. The Morgan fingerprint density at radius 3 is 2.42 bits per heavy atom. The van der Waals surface area contributed by atoms with Crippen molar-refractivity contribution in [2.24, 2.45) is 0 Å². The second-order valence-electron chi connectivity index (χ2n) is 4.92. The Morgan fingerprint density at radius 2 is 1.84 bits per heavy atom. The summed E-state index contributed by atoms with van der Waals surface area (Å²) in [6, 6.07) is 11.7. The summed E-state index contributed by atoms with van der Waals surface area (Å²) in [7, 11) is 0. The first-order chi connectivity index (χ1) is 9.06. The van der Waals surface area contributed by atoms with E-state index in [9.17, 15) is 4.79 Å². The van der Waals surface area contributed by atoms with Gasteiger partial charge in [0.1, 0.15) is 0 Å². The average molecular weight is 254 g/mol. The van der Waals surface area contributed by atoms with Gasteiger partial charge in [-0.2, -0.15) is 0 Å².